The Balaban J connectivity index is 0.00000180. The van der Waals surface area contributed by atoms with Crippen molar-refractivity contribution >= 4 is 30.7 Å². The normalized spacial score (nSPS) is 17.5. The number of benzene rings is 1. The molecule has 1 aliphatic rings. The number of hydrogen-bond donors (Lipinski definition) is 2. The number of nitrogens with zero attached hydrogens (tertiary/aromatic N) is 1. The predicted molar refractivity (Wildman–Crippen MR) is 86.5 cm³/mol. The first-order valence-electron chi connectivity index (χ1n) is 6.46. The minimum atomic E-state index is -0.564. The average molecular weight is 320 g/mol. The smallest absolute Gasteiger partial charge is 0.241 e. The molecule has 4 nitrogen and oxygen atoms in total. The summed E-state index contributed by atoms with van der Waals surface area (Å²) in [6, 6.07) is 9.20. The lowest BCUT2D eigenvalue weighted by Crippen LogP contribution is -2.46. The summed E-state index contributed by atoms with van der Waals surface area (Å²) in [5.74, 6) is -0.0734. The van der Waals surface area contributed by atoms with Gasteiger partial charge in [0.2, 0.25) is 5.91 Å². The summed E-state index contributed by atoms with van der Waals surface area (Å²) in [4.78, 5) is 14.3. The van der Waals surface area contributed by atoms with Gasteiger partial charge in [-0.2, -0.15) is 0 Å². The van der Waals surface area contributed by atoms with Crippen molar-refractivity contribution in [2.24, 2.45) is 5.73 Å². The zero-order valence-electron chi connectivity index (χ0n) is 11.6. The lowest BCUT2D eigenvalue weighted by Gasteiger charge is -2.30. The summed E-state index contributed by atoms with van der Waals surface area (Å²) in [7, 11) is 2.10. The number of carbonyl (C=O) groups excluding carboxylic acids is 1. The fourth-order valence-corrected chi connectivity index (χ4v) is 2.26. The van der Waals surface area contributed by atoms with Crippen LogP contribution in [0.5, 0.6) is 0 Å². The highest BCUT2D eigenvalue weighted by molar-refractivity contribution is 5.85. The summed E-state index contributed by atoms with van der Waals surface area (Å²) in [5.41, 5.74) is 6.82. The second-order valence-corrected chi connectivity index (χ2v) is 4.97. The SMILES string of the molecule is CN1CCC(NC(=O)C(N)c2ccccc2)CC1.Cl.Cl. The fraction of sp³-hybridized carbons (Fsp3) is 0.500. The van der Waals surface area contributed by atoms with Crippen LogP contribution in [0.4, 0.5) is 0 Å². The summed E-state index contributed by atoms with van der Waals surface area (Å²) in [5, 5.41) is 3.05. The third-order valence-electron chi connectivity index (χ3n) is 3.51. The van der Waals surface area contributed by atoms with Gasteiger partial charge in [-0.25, -0.2) is 0 Å². The average Bonchev–Trinajstić information content (AvgIpc) is 2.41. The van der Waals surface area contributed by atoms with Gasteiger partial charge in [0.05, 0.1) is 0 Å². The number of hydrogen-bond acceptors (Lipinski definition) is 3. The van der Waals surface area contributed by atoms with Crippen molar-refractivity contribution in [1.29, 1.82) is 0 Å². The second-order valence-electron chi connectivity index (χ2n) is 4.97. The molecule has 1 fully saturated rings. The zero-order valence-corrected chi connectivity index (χ0v) is 13.3. The lowest BCUT2D eigenvalue weighted by molar-refractivity contribution is -0.123. The molecule has 0 bridgehead atoms. The molecule has 1 unspecified atom stereocenters. The van der Waals surface area contributed by atoms with Crippen LogP contribution in [0.15, 0.2) is 30.3 Å². The quantitative estimate of drug-likeness (QED) is 0.892. The standard InChI is InChI=1S/C14H21N3O.2ClH/c1-17-9-7-12(8-10-17)16-14(18)13(15)11-5-3-2-4-6-11;;/h2-6,12-13H,7-10,15H2,1H3,(H,16,18);2*1H. The number of piperidine rings is 1. The topological polar surface area (TPSA) is 58.4 Å². The van der Waals surface area contributed by atoms with Crippen molar-refractivity contribution in [3.05, 3.63) is 35.9 Å². The van der Waals surface area contributed by atoms with Gasteiger partial charge in [0.25, 0.3) is 0 Å². The van der Waals surface area contributed by atoms with E-state index in [0.717, 1.165) is 31.5 Å². The number of halogens is 2. The summed E-state index contributed by atoms with van der Waals surface area (Å²) >= 11 is 0. The molecule has 0 aromatic heterocycles. The Bertz CT molecular complexity index is 395. The Kier molecular flexibility index (Phi) is 8.81. The minimum Gasteiger partial charge on any atom is -0.352 e. The predicted octanol–water partition coefficient (Wildman–Crippen LogP) is 1.74. The third-order valence-corrected chi connectivity index (χ3v) is 3.51. The van der Waals surface area contributed by atoms with Gasteiger partial charge in [-0.05, 0) is 38.5 Å². The van der Waals surface area contributed by atoms with E-state index in [1.807, 2.05) is 30.3 Å². The molecule has 0 aliphatic carbocycles. The summed E-state index contributed by atoms with van der Waals surface area (Å²) < 4.78 is 0. The van der Waals surface area contributed by atoms with E-state index in [0.29, 0.717) is 0 Å². The molecule has 1 aromatic rings. The van der Waals surface area contributed by atoms with Crippen LogP contribution in [0.2, 0.25) is 0 Å². The van der Waals surface area contributed by atoms with Crippen molar-refractivity contribution in [3.8, 4) is 0 Å². The Labute approximate surface area is 132 Å². The van der Waals surface area contributed by atoms with Gasteiger partial charge in [-0.3, -0.25) is 4.79 Å². The highest BCUT2D eigenvalue weighted by atomic mass is 35.5. The molecule has 1 atom stereocenters. The molecule has 6 heteroatoms. The van der Waals surface area contributed by atoms with E-state index < -0.39 is 6.04 Å². The van der Waals surface area contributed by atoms with Crippen LogP contribution in [-0.4, -0.2) is 37.0 Å². The Hall–Kier alpha value is -0.810. The van der Waals surface area contributed by atoms with E-state index in [1.54, 1.807) is 0 Å². The van der Waals surface area contributed by atoms with Gasteiger partial charge in [0.15, 0.2) is 0 Å². The first-order valence-corrected chi connectivity index (χ1v) is 6.46. The molecule has 20 heavy (non-hydrogen) atoms. The van der Waals surface area contributed by atoms with Crippen molar-refractivity contribution < 1.29 is 4.79 Å². The first-order chi connectivity index (χ1) is 8.66. The number of nitrogens with two attached hydrogens (primary N) is 1. The minimum absolute atomic E-state index is 0. The van der Waals surface area contributed by atoms with Crippen molar-refractivity contribution in [3.63, 3.8) is 0 Å². The van der Waals surface area contributed by atoms with E-state index in [-0.39, 0.29) is 36.8 Å². The third kappa shape index (κ3) is 5.29. The number of carbonyl (C=O) groups is 1. The van der Waals surface area contributed by atoms with E-state index >= 15 is 0 Å². The molecule has 0 spiro atoms. The lowest BCUT2D eigenvalue weighted by atomic mass is 10.0. The van der Waals surface area contributed by atoms with Gasteiger partial charge >= 0.3 is 0 Å². The molecule has 114 valence electrons. The van der Waals surface area contributed by atoms with Gasteiger partial charge in [0, 0.05) is 6.04 Å². The monoisotopic (exact) mass is 319 g/mol. The van der Waals surface area contributed by atoms with E-state index in [4.69, 9.17) is 5.73 Å². The highest BCUT2D eigenvalue weighted by Gasteiger charge is 2.22. The molecule has 1 heterocycles. The van der Waals surface area contributed by atoms with Crippen LogP contribution < -0.4 is 11.1 Å². The number of likely N-dealkylation sites (tertiary alicyclic amines) is 1. The molecule has 3 N–H and O–H groups in total. The molecular weight excluding hydrogens is 297 g/mol. The van der Waals surface area contributed by atoms with Gasteiger partial charge in [-0.1, -0.05) is 30.3 Å². The molecule has 1 amide bonds. The maximum atomic E-state index is 12.0. The molecular formula is C14H23Cl2N3O. The Morgan fingerprint density at radius 1 is 1.25 bits per heavy atom. The van der Waals surface area contributed by atoms with Crippen LogP contribution in [0.25, 0.3) is 0 Å². The zero-order chi connectivity index (χ0) is 13.0. The Morgan fingerprint density at radius 3 is 2.35 bits per heavy atom. The van der Waals surface area contributed by atoms with Gasteiger partial charge < -0.3 is 16.0 Å². The maximum Gasteiger partial charge on any atom is 0.241 e. The molecule has 1 aliphatic heterocycles. The van der Waals surface area contributed by atoms with Crippen molar-refractivity contribution in [1.82, 2.24) is 10.2 Å². The number of nitrogens with one attached hydrogen (secondary N) is 1. The number of rotatable bonds is 3. The first kappa shape index (κ1) is 19.2. The van der Waals surface area contributed by atoms with Crippen LogP contribution in [-0.2, 0) is 4.79 Å². The Morgan fingerprint density at radius 2 is 1.80 bits per heavy atom. The van der Waals surface area contributed by atoms with Gasteiger partial charge in [0.1, 0.15) is 6.04 Å². The molecule has 0 radical (unpaired) electrons. The van der Waals surface area contributed by atoms with Crippen LogP contribution >= 0.6 is 24.8 Å². The van der Waals surface area contributed by atoms with Gasteiger partial charge in [-0.15, -0.1) is 24.8 Å². The molecule has 1 aromatic carbocycles. The van der Waals surface area contributed by atoms with Crippen molar-refractivity contribution in [2.75, 3.05) is 20.1 Å². The fourth-order valence-electron chi connectivity index (χ4n) is 2.26. The van der Waals surface area contributed by atoms with Crippen LogP contribution in [0.3, 0.4) is 0 Å². The van der Waals surface area contributed by atoms with E-state index in [9.17, 15) is 4.79 Å². The van der Waals surface area contributed by atoms with E-state index in [1.165, 1.54) is 0 Å². The second kappa shape index (κ2) is 9.19. The largest absolute Gasteiger partial charge is 0.352 e. The van der Waals surface area contributed by atoms with Crippen molar-refractivity contribution in [2.45, 2.75) is 24.9 Å². The molecule has 0 saturated carbocycles. The summed E-state index contributed by atoms with van der Waals surface area (Å²) in [6.45, 7) is 2.07. The van der Waals surface area contributed by atoms with Crippen LogP contribution in [0.1, 0.15) is 24.4 Å². The molecule has 2 rings (SSSR count). The maximum absolute atomic E-state index is 12.0. The molecule has 1 saturated heterocycles. The summed E-state index contributed by atoms with van der Waals surface area (Å²) in [6.07, 6.45) is 2.01. The number of amides is 1. The van der Waals surface area contributed by atoms with E-state index in [2.05, 4.69) is 17.3 Å². The van der Waals surface area contributed by atoms with Crippen LogP contribution in [0, 0.1) is 0 Å². The highest BCUT2D eigenvalue weighted by Crippen LogP contribution is 2.12.